The van der Waals surface area contributed by atoms with Crippen molar-refractivity contribution in [3.8, 4) is 0 Å². The van der Waals surface area contributed by atoms with Gasteiger partial charge < -0.3 is 0 Å². The fraction of sp³-hybridized carbons (Fsp3) is 0.467. The van der Waals surface area contributed by atoms with Crippen LogP contribution in [0.3, 0.4) is 0 Å². The van der Waals surface area contributed by atoms with Gasteiger partial charge in [0.15, 0.2) is 0 Å². The average Bonchev–Trinajstić information content (AvgIpc) is 2.34. The summed E-state index contributed by atoms with van der Waals surface area (Å²) in [6.07, 6.45) is 3.02. The van der Waals surface area contributed by atoms with E-state index in [0.29, 0.717) is 0 Å². The molecule has 0 amide bonds. The first-order valence-corrected chi connectivity index (χ1v) is 6.00. The molecule has 0 bridgehead atoms. The third kappa shape index (κ3) is 5.41. The van der Waals surface area contributed by atoms with Gasteiger partial charge in [0.1, 0.15) is 0 Å². The molecule has 1 aromatic carbocycles. The standard InChI is InChI=1S/C11H14.2C2H6/c1-4-10-7-6-8-11(5-2)9(10)3;2*1-2/h4,6-8H,1,5H2,2-3H3;2*1-2H3. The minimum absolute atomic E-state index is 1.10. The molecular weight excluding hydrogens is 180 g/mol. The van der Waals surface area contributed by atoms with Crippen molar-refractivity contribution < 1.29 is 0 Å². The van der Waals surface area contributed by atoms with Gasteiger partial charge in [-0.3, -0.25) is 0 Å². The van der Waals surface area contributed by atoms with Gasteiger partial charge in [-0.2, -0.15) is 0 Å². The molecule has 0 spiro atoms. The van der Waals surface area contributed by atoms with Crippen LogP contribution in [0.1, 0.15) is 51.3 Å². The molecule has 86 valence electrons. The van der Waals surface area contributed by atoms with Crippen LogP contribution in [-0.4, -0.2) is 0 Å². The van der Waals surface area contributed by atoms with Crippen molar-refractivity contribution in [1.29, 1.82) is 0 Å². The topological polar surface area (TPSA) is 0 Å². The first kappa shape index (κ1) is 16.4. The van der Waals surface area contributed by atoms with Gasteiger partial charge in [-0.05, 0) is 30.0 Å². The molecule has 0 aliphatic heterocycles. The molecule has 0 atom stereocenters. The first-order valence-electron chi connectivity index (χ1n) is 6.00. The second-order valence-corrected chi connectivity index (χ2v) is 2.69. The number of benzene rings is 1. The van der Waals surface area contributed by atoms with Gasteiger partial charge in [0.25, 0.3) is 0 Å². The Kier molecular flexibility index (Phi) is 12.1. The molecule has 0 radical (unpaired) electrons. The third-order valence-corrected chi connectivity index (χ3v) is 2.09. The van der Waals surface area contributed by atoms with Crippen LogP contribution in [0.5, 0.6) is 0 Å². The molecular formula is C15H26. The highest BCUT2D eigenvalue weighted by Gasteiger charge is 1.97. The molecule has 0 unspecified atom stereocenters. The summed E-state index contributed by atoms with van der Waals surface area (Å²) in [5.41, 5.74) is 4.04. The summed E-state index contributed by atoms with van der Waals surface area (Å²) in [6.45, 7) is 16.1. The molecule has 0 heteroatoms. The zero-order chi connectivity index (χ0) is 12.3. The Hall–Kier alpha value is -1.04. The second kappa shape index (κ2) is 11.0. The Morgan fingerprint density at radius 3 is 2.07 bits per heavy atom. The maximum atomic E-state index is 3.77. The zero-order valence-electron chi connectivity index (χ0n) is 11.2. The lowest BCUT2D eigenvalue weighted by atomic mass is 10.0. The van der Waals surface area contributed by atoms with E-state index >= 15 is 0 Å². The Morgan fingerprint density at radius 2 is 1.67 bits per heavy atom. The van der Waals surface area contributed by atoms with E-state index in [9.17, 15) is 0 Å². The Balaban J connectivity index is 0. The minimum atomic E-state index is 1.10. The van der Waals surface area contributed by atoms with E-state index in [1.165, 1.54) is 16.7 Å². The highest BCUT2D eigenvalue weighted by atomic mass is 14.0. The van der Waals surface area contributed by atoms with Crippen LogP contribution >= 0.6 is 0 Å². The fourth-order valence-electron chi connectivity index (χ4n) is 1.31. The summed E-state index contributed by atoms with van der Waals surface area (Å²) in [5, 5.41) is 0. The van der Waals surface area contributed by atoms with Gasteiger partial charge in [-0.15, -0.1) is 0 Å². The van der Waals surface area contributed by atoms with Gasteiger partial charge >= 0.3 is 0 Å². The molecule has 0 saturated carbocycles. The SMILES string of the molecule is C=Cc1cccc(CC)c1C.CC.CC. The molecule has 1 rings (SSSR count). The molecule has 0 aromatic heterocycles. The third-order valence-electron chi connectivity index (χ3n) is 2.09. The maximum absolute atomic E-state index is 3.77. The van der Waals surface area contributed by atoms with Crippen LogP contribution < -0.4 is 0 Å². The van der Waals surface area contributed by atoms with Crippen molar-refractivity contribution in [2.24, 2.45) is 0 Å². The molecule has 0 N–H and O–H groups in total. The van der Waals surface area contributed by atoms with Crippen LogP contribution in [0.2, 0.25) is 0 Å². The van der Waals surface area contributed by atoms with Crippen LogP contribution in [0.4, 0.5) is 0 Å². The second-order valence-electron chi connectivity index (χ2n) is 2.69. The largest absolute Gasteiger partial charge is 0.0985 e. The molecule has 0 fully saturated rings. The van der Waals surface area contributed by atoms with E-state index in [1.807, 2.05) is 33.8 Å². The van der Waals surface area contributed by atoms with Gasteiger partial charge in [0.05, 0.1) is 0 Å². The lowest BCUT2D eigenvalue weighted by molar-refractivity contribution is 1.11. The molecule has 15 heavy (non-hydrogen) atoms. The first-order chi connectivity index (χ1) is 7.29. The summed E-state index contributed by atoms with van der Waals surface area (Å²) < 4.78 is 0. The zero-order valence-corrected chi connectivity index (χ0v) is 11.2. The lowest BCUT2D eigenvalue weighted by Crippen LogP contribution is -1.88. The van der Waals surface area contributed by atoms with Crippen molar-refractivity contribution in [1.82, 2.24) is 0 Å². The van der Waals surface area contributed by atoms with Gasteiger partial charge in [0.2, 0.25) is 0 Å². The molecule has 0 nitrogen and oxygen atoms in total. The Labute approximate surface area is 96.0 Å². The maximum Gasteiger partial charge on any atom is -0.0230 e. The van der Waals surface area contributed by atoms with Crippen molar-refractivity contribution in [2.45, 2.75) is 48.0 Å². The highest BCUT2D eigenvalue weighted by molar-refractivity contribution is 5.53. The van der Waals surface area contributed by atoms with E-state index in [2.05, 4.69) is 38.6 Å². The number of aryl methyl sites for hydroxylation is 1. The minimum Gasteiger partial charge on any atom is -0.0985 e. The molecule has 0 heterocycles. The van der Waals surface area contributed by atoms with E-state index < -0.39 is 0 Å². The summed E-state index contributed by atoms with van der Waals surface area (Å²) in [5.74, 6) is 0. The quantitative estimate of drug-likeness (QED) is 0.619. The van der Waals surface area contributed by atoms with Crippen LogP contribution in [-0.2, 0) is 6.42 Å². The molecule has 1 aromatic rings. The van der Waals surface area contributed by atoms with Gasteiger partial charge in [0, 0.05) is 0 Å². The smallest absolute Gasteiger partial charge is 0.0230 e. The number of hydrogen-bond donors (Lipinski definition) is 0. The van der Waals surface area contributed by atoms with Crippen LogP contribution in [0.15, 0.2) is 24.8 Å². The number of hydrogen-bond acceptors (Lipinski definition) is 0. The molecule has 0 aliphatic rings. The summed E-state index contributed by atoms with van der Waals surface area (Å²) in [4.78, 5) is 0. The van der Waals surface area contributed by atoms with Gasteiger partial charge in [-0.1, -0.05) is 65.5 Å². The summed E-state index contributed by atoms with van der Waals surface area (Å²) in [6, 6.07) is 6.35. The predicted molar refractivity (Wildman–Crippen MR) is 73.3 cm³/mol. The normalized spacial score (nSPS) is 7.87. The van der Waals surface area contributed by atoms with E-state index in [-0.39, 0.29) is 0 Å². The van der Waals surface area contributed by atoms with E-state index in [1.54, 1.807) is 0 Å². The van der Waals surface area contributed by atoms with Crippen molar-refractivity contribution in [2.75, 3.05) is 0 Å². The number of rotatable bonds is 2. The predicted octanol–water partition coefficient (Wildman–Crippen LogP) is 5.25. The monoisotopic (exact) mass is 206 g/mol. The van der Waals surface area contributed by atoms with Gasteiger partial charge in [-0.25, -0.2) is 0 Å². The van der Waals surface area contributed by atoms with Crippen LogP contribution in [0, 0.1) is 6.92 Å². The highest BCUT2D eigenvalue weighted by Crippen LogP contribution is 2.14. The van der Waals surface area contributed by atoms with Crippen LogP contribution in [0.25, 0.3) is 6.08 Å². The summed E-state index contributed by atoms with van der Waals surface area (Å²) in [7, 11) is 0. The average molecular weight is 206 g/mol. The lowest BCUT2D eigenvalue weighted by Gasteiger charge is -2.05. The Bertz CT molecular complexity index is 259. The van der Waals surface area contributed by atoms with E-state index in [0.717, 1.165) is 6.42 Å². The molecule has 0 saturated heterocycles. The fourth-order valence-corrected chi connectivity index (χ4v) is 1.31. The van der Waals surface area contributed by atoms with E-state index in [4.69, 9.17) is 0 Å². The molecule has 0 aliphatic carbocycles. The van der Waals surface area contributed by atoms with Crippen molar-refractivity contribution in [3.63, 3.8) is 0 Å². The Morgan fingerprint density at radius 1 is 1.13 bits per heavy atom. The van der Waals surface area contributed by atoms with Crippen molar-refractivity contribution >= 4 is 6.08 Å². The summed E-state index contributed by atoms with van der Waals surface area (Å²) >= 11 is 0. The van der Waals surface area contributed by atoms with Crippen molar-refractivity contribution in [3.05, 3.63) is 41.5 Å².